The highest BCUT2D eigenvalue weighted by Crippen LogP contribution is 2.21. The summed E-state index contributed by atoms with van der Waals surface area (Å²) in [5.74, 6) is 0.844. The van der Waals surface area contributed by atoms with Gasteiger partial charge < -0.3 is 4.42 Å². The minimum Gasteiger partial charge on any atom is -0.403 e. The lowest BCUT2D eigenvalue weighted by Gasteiger charge is -1.98. The number of aryl methyl sites for hydroxylation is 1. The van der Waals surface area contributed by atoms with E-state index < -0.39 is 0 Å². The highest BCUT2D eigenvalue weighted by molar-refractivity contribution is 7.99. The molecule has 8 nitrogen and oxygen atoms in total. The smallest absolute Gasteiger partial charge is 0.322 e. The minimum absolute atomic E-state index is 0.0554. The molecule has 2 aromatic carbocycles. The van der Waals surface area contributed by atoms with Crippen molar-refractivity contribution < 1.29 is 9.21 Å². The largest absolute Gasteiger partial charge is 0.403 e. The molecule has 4 aromatic rings. The van der Waals surface area contributed by atoms with Gasteiger partial charge in [0, 0.05) is 11.1 Å². The van der Waals surface area contributed by atoms with E-state index in [1.165, 1.54) is 17.3 Å². The SMILES string of the molecule is Cc1ccc(-c2nc(SCC(=O)Nc3nnc(-c4ccccc4)o3)n[nH]2)cc1. The topological polar surface area (TPSA) is 110 Å². The lowest BCUT2D eigenvalue weighted by molar-refractivity contribution is -0.113. The Morgan fingerprint density at radius 2 is 1.86 bits per heavy atom. The second kappa shape index (κ2) is 8.05. The average Bonchev–Trinajstić information content (AvgIpc) is 3.37. The second-order valence-corrected chi connectivity index (χ2v) is 6.89. The first-order valence-corrected chi connectivity index (χ1v) is 9.47. The minimum atomic E-state index is -0.282. The van der Waals surface area contributed by atoms with Crippen LogP contribution in [0.2, 0.25) is 0 Å². The van der Waals surface area contributed by atoms with Crippen LogP contribution >= 0.6 is 11.8 Å². The van der Waals surface area contributed by atoms with Gasteiger partial charge in [0.2, 0.25) is 17.0 Å². The van der Waals surface area contributed by atoms with E-state index in [1.807, 2.05) is 61.5 Å². The van der Waals surface area contributed by atoms with Gasteiger partial charge in [0.25, 0.3) is 0 Å². The monoisotopic (exact) mass is 392 g/mol. The molecular formula is C19H16N6O2S. The van der Waals surface area contributed by atoms with Crippen LogP contribution < -0.4 is 5.32 Å². The van der Waals surface area contributed by atoms with Gasteiger partial charge in [-0.15, -0.1) is 10.2 Å². The van der Waals surface area contributed by atoms with Crippen LogP contribution in [0.5, 0.6) is 0 Å². The first kappa shape index (κ1) is 17.9. The van der Waals surface area contributed by atoms with E-state index in [-0.39, 0.29) is 17.7 Å². The van der Waals surface area contributed by atoms with Crippen LogP contribution in [-0.2, 0) is 4.79 Å². The van der Waals surface area contributed by atoms with E-state index in [0.717, 1.165) is 11.1 Å². The quantitative estimate of drug-likeness (QED) is 0.483. The Kier molecular flexibility index (Phi) is 5.16. The fourth-order valence-electron chi connectivity index (χ4n) is 2.41. The van der Waals surface area contributed by atoms with E-state index in [0.29, 0.717) is 16.9 Å². The molecule has 2 heterocycles. The number of hydrogen-bond acceptors (Lipinski definition) is 7. The summed E-state index contributed by atoms with van der Waals surface area (Å²) in [5.41, 5.74) is 2.90. The number of carbonyl (C=O) groups is 1. The first-order chi connectivity index (χ1) is 13.7. The molecule has 0 aliphatic carbocycles. The van der Waals surface area contributed by atoms with Crippen molar-refractivity contribution in [2.45, 2.75) is 12.1 Å². The van der Waals surface area contributed by atoms with E-state index in [1.54, 1.807) is 0 Å². The summed E-state index contributed by atoms with van der Waals surface area (Å²) in [6, 6.07) is 17.3. The maximum Gasteiger partial charge on any atom is 0.322 e. The third-order valence-electron chi connectivity index (χ3n) is 3.81. The molecule has 28 heavy (non-hydrogen) atoms. The highest BCUT2D eigenvalue weighted by atomic mass is 32.2. The summed E-state index contributed by atoms with van der Waals surface area (Å²) in [4.78, 5) is 16.5. The molecule has 0 unspecified atom stereocenters. The van der Waals surface area contributed by atoms with E-state index in [2.05, 4.69) is 30.7 Å². The van der Waals surface area contributed by atoms with Gasteiger partial charge in [-0.3, -0.25) is 15.2 Å². The molecule has 0 radical (unpaired) electrons. The number of hydrogen-bond donors (Lipinski definition) is 2. The number of nitrogens with zero attached hydrogens (tertiary/aromatic N) is 4. The maximum absolute atomic E-state index is 12.1. The number of rotatable bonds is 6. The molecular weight excluding hydrogens is 376 g/mol. The van der Waals surface area contributed by atoms with Crippen LogP contribution in [0.3, 0.4) is 0 Å². The van der Waals surface area contributed by atoms with Crippen LogP contribution in [0.4, 0.5) is 6.01 Å². The van der Waals surface area contributed by atoms with E-state index in [9.17, 15) is 4.79 Å². The molecule has 4 rings (SSSR count). The Balaban J connectivity index is 1.33. The molecule has 0 saturated heterocycles. The van der Waals surface area contributed by atoms with Crippen molar-refractivity contribution in [3.8, 4) is 22.8 Å². The first-order valence-electron chi connectivity index (χ1n) is 8.48. The molecule has 0 spiro atoms. The van der Waals surface area contributed by atoms with Gasteiger partial charge in [-0.25, -0.2) is 4.98 Å². The van der Waals surface area contributed by atoms with Crippen LogP contribution in [0.15, 0.2) is 64.2 Å². The summed E-state index contributed by atoms with van der Waals surface area (Å²) in [6.07, 6.45) is 0. The lowest BCUT2D eigenvalue weighted by Crippen LogP contribution is -2.14. The zero-order valence-electron chi connectivity index (χ0n) is 14.9. The molecule has 1 amide bonds. The average molecular weight is 392 g/mol. The summed E-state index contributed by atoms with van der Waals surface area (Å²) in [7, 11) is 0. The Morgan fingerprint density at radius 1 is 1.07 bits per heavy atom. The molecule has 0 saturated carbocycles. The summed E-state index contributed by atoms with van der Waals surface area (Å²) in [5, 5.41) is 17.9. The standard InChI is InChI=1S/C19H16N6O2S/c1-12-7-9-13(10-8-12)16-21-19(25-22-16)28-11-15(26)20-18-24-23-17(27-18)14-5-3-2-4-6-14/h2-10H,11H2,1H3,(H,20,24,26)(H,21,22,25). The Bertz CT molecular complexity index is 1080. The number of aromatic amines is 1. The predicted octanol–water partition coefficient (Wildman–Crippen LogP) is 3.56. The van der Waals surface area contributed by atoms with Gasteiger partial charge in [-0.1, -0.05) is 64.9 Å². The van der Waals surface area contributed by atoms with E-state index >= 15 is 0 Å². The number of H-pyrrole nitrogens is 1. The van der Waals surface area contributed by atoms with Crippen molar-refractivity contribution in [2.75, 3.05) is 11.1 Å². The van der Waals surface area contributed by atoms with Crippen LogP contribution in [-0.4, -0.2) is 37.0 Å². The Hall–Kier alpha value is -3.46. The van der Waals surface area contributed by atoms with Gasteiger partial charge >= 0.3 is 6.01 Å². The fourth-order valence-corrected chi connectivity index (χ4v) is 3.01. The molecule has 0 aliphatic rings. The molecule has 2 aromatic heterocycles. The van der Waals surface area contributed by atoms with Crippen molar-refractivity contribution in [3.63, 3.8) is 0 Å². The zero-order valence-corrected chi connectivity index (χ0v) is 15.7. The number of thioether (sulfide) groups is 1. The second-order valence-electron chi connectivity index (χ2n) is 5.95. The molecule has 0 fully saturated rings. The highest BCUT2D eigenvalue weighted by Gasteiger charge is 2.13. The Labute approximate surface area is 164 Å². The zero-order chi connectivity index (χ0) is 19.3. The van der Waals surface area contributed by atoms with Crippen molar-refractivity contribution in [3.05, 3.63) is 60.2 Å². The molecule has 0 aliphatic heterocycles. The van der Waals surface area contributed by atoms with Gasteiger partial charge in [0.1, 0.15) is 0 Å². The van der Waals surface area contributed by atoms with Gasteiger partial charge in [-0.2, -0.15) is 0 Å². The van der Waals surface area contributed by atoms with Crippen LogP contribution in [0.25, 0.3) is 22.8 Å². The molecule has 9 heteroatoms. The summed E-state index contributed by atoms with van der Waals surface area (Å²) >= 11 is 1.21. The Morgan fingerprint density at radius 3 is 2.64 bits per heavy atom. The van der Waals surface area contributed by atoms with Gasteiger partial charge in [0.15, 0.2) is 5.82 Å². The van der Waals surface area contributed by atoms with Crippen molar-refractivity contribution >= 4 is 23.7 Å². The maximum atomic E-state index is 12.1. The third-order valence-corrected chi connectivity index (χ3v) is 4.66. The van der Waals surface area contributed by atoms with Crippen LogP contribution in [0, 0.1) is 6.92 Å². The molecule has 2 N–H and O–H groups in total. The van der Waals surface area contributed by atoms with Crippen molar-refractivity contribution in [1.82, 2.24) is 25.4 Å². The van der Waals surface area contributed by atoms with E-state index in [4.69, 9.17) is 4.42 Å². The number of benzene rings is 2. The normalized spacial score (nSPS) is 10.8. The van der Waals surface area contributed by atoms with Crippen molar-refractivity contribution in [1.29, 1.82) is 0 Å². The number of nitrogens with one attached hydrogen (secondary N) is 2. The van der Waals surface area contributed by atoms with Gasteiger partial charge in [0.05, 0.1) is 5.75 Å². The van der Waals surface area contributed by atoms with Crippen LogP contribution in [0.1, 0.15) is 5.56 Å². The summed E-state index contributed by atoms with van der Waals surface area (Å²) < 4.78 is 5.46. The number of aromatic nitrogens is 5. The lowest BCUT2D eigenvalue weighted by atomic mass is 10.1. The van der Waals surface area contributed by atoms with Gasteiger partial charge in [-0.05, 0) is 19.1 Å². The third kappa shape index (κ3) is 4.26. The fraction of sp³-hybridized carbons (Fsp3) is 0.105. The van der Waals surface area contributed by atoms with Crippen molar-refractivity contribution in [2.24, 2.45) is 0 Å². The number of amides is 1. The summed E-state index contributed by atoms with van der Waals surface area (Å²) in [6.45, 7) is 2.02. The number of anilines is 1. The molecule has 140 valence electrons. The molecule has 0 atom stereocenters. The predicted molar refractivity (Wildman–Crippen MR) is 106 cm³/mol. The number of carbonyl (C=O) groups excluding carboxylic acids is 1. The molecule has 0 bridgehead atoms.